The van der Waals surface area contributed by atoms with Crippen LogP contribution in [0.3, 0.4) is 0 Å². The molecular weight excluding hydrogens is 358 g/mol. The minimum atomic E-state index is -0.555. The Morgan fingerprint density at radius 1 is 1.14 bits per heavy atom. The number of fused-ring (bicyclic) bond motifs is 1. The second-order valence-electron chi connectivity index (χ2n) is 7.86. The molecule has 7 heteroatoms. The van der Waals surface area contributed by atoms with Gasteiger partial charge in [-0.1, -0.05) is 19.1 Å². The molecule has 0 radical (unpaired) electrons. The average Bonchev–Trinajstić information content (AvgIpc) is 3.00. The van der Waals surface area contributed by atoms with Crippen LogP contribution in [-0.2, 0) is 22.7 Å². The average molecular weight is 385 g/mol. The van der Waals surface area contributed by atoms with Gasteiger partial charge in [-0.2, -0.15) is 0 Å². The Kier molecular flexibility index (Phi) is 5.82. The first kappa shape index (κ1) is 20.0. The molecule has 1 heterocycles. The SMILES string of the molecule is CC1CCC(=O)C(N2Cc3c(CNC(=O)N(C)C)cccc3C2=O)CCC1=O. The van der Waals surface area contributed by atoms with Crippen LogP contribution in [0.5, 0.6) is 0 Å². The van der Waals surface area contributed by atoms with Crippen LogP contribution >= 0.6 is 0 Å². The number of carbonyl (C=O) groups excluding carboxylic acids is 4. The summed E-state index contributed by atoms with van der Waals surface area (Å²) in [5, 5.41) is 2.82. The molecule has 2 aliphatic rings. The molecule has 1 aromatic carbocycles. The quantitative estimate of drug-likeness (QED) is 0.864. The van der Waals surface area contributed by atoms with Gasteiger partial charge in [-0.15, -0.1) is 0 Å². The normalized spacial score (nSPS) is 22.5. The van der Waals surface area contributed by atoms with Gasteiger partial charge in [0.1, 0.15) is 5.78 Å². The molecule has 0 saturated heterocycles. The van der Waals surface area contributed by atoms with E-state index in [1.165, 1.54) is 4.90 Å². The largest absolute Gasteiger partial charge is 0.334 e. The second kappa shape index (κ2) is 8.12. The molecule has 0 aromatic heterocycles. The fourth-order valence-corrected chi connectivity index (χ4v) is 3.87. The maximum atomic E-state index is 13.0. The molecule has 0 spiro atoms. The predicted octanol–water partition coefficient (Wildman–Crippen LogP) is 2.13. The highest BCUT2D eigenvalue weighted by atomic mass is 16.2. The zero-order valence-electron chi connectivity index (χ0n) is 16.7. The summed E-state index contributed by atoms with van der Waals surface area (Å²) in [6.07, 6.45) is 1.58. The summed E-state index contributed by atoms with van der Waals surface area (Å²) in [6, 6.07) is 4.68. The van der Waals surface area contributed by atoms with Crippen molar-refractivity contribution >= 4 is 23.5 Å². The van der Waals surface area contributed by atoms with E-state index in [1.54, 1.807) is 31.1 Å². The molecule has 150 valence electrons. The summed E-state index contributed by atoms with van der Waals surface area (Å²) in [5.41, 5.74) is 2.29. The van der Waals surface area contributed by atoms with Gasteiger partial charge < -0.3 is 15.1 Å². The van der Waals surface area contributed by atoms with Crippen molar-refractivity contribution in [3.8, 4) is 0 Å². The zero-order valence-corrected chi connectivity index (χ0v) is 16.7. The first-order chi connectivity index (χ1) is 13.3. The number of rotatable bonds is 3. The Morgan fingerprint density at radius 3 is 2.57 bits per heavy atom. The number of benzene rings is 1. The van der Waals surface area contributed by atoms with Gasteiger partial charge in [0.25, 0.3) is 5.91 Å². The molecule has 1 aliphatic heterocycles. The topological polar surface area (TPSA) is 86.8 Å². The molecule has 2 atom stereocenters. The van der Waals surface area contributed by atoms with Crippen molar-refractivity contribution < 1.29 is 19.2 Å². The van der Waals surface area contributed by atoms with E-state index in [1.807, 2.05) is 13.0 Å². The Morgan fingerprint density at radius 2 is 1.86 bits per heavy atom. The smallest absolute Gasteiger partial charge is 0.317 e. The molecule has 1 aliphatic carbocycles. The van der Waals surface area contributed by atoms with Crippen molar-refractivity contribution in [2.45, 2.75) is 51.7 Å². The number of Topliss-reactive ketones (excluding diaryl/α,β-unsaturated/α-hetero) is 2. The van der Waals surface area contributed by atoms with Crippen LogP contribution in [0.25, 0.3) is 0 Å². The van der Waals surface area contributed by atoms with Crippen LogP contribution in [0.2, 0.25) is 0 Å². The first-order valence-electron chi connectivity index (χ1n) is 9.72. The zero-order chi connectivity index (χ0) is 20.4. The summed E-state index contributed by atoms with van der Waals surface area (Å²) >= 11 is 0. The highest BCUT2D eigenvalue weighted by molar-refractivity contribution is 6.02. The summed E-state index contributed by atoms with van der Waals surface area (Å²) in [6.45, 7) is 2.51. The maximum Gasteiger partial charge on any atom is 0.317 e. The summed E-state index contributed by atoms with van der Waals surface area (Å²) in [5.74, 6) is -0.0739. The molecule has 1 fully saturated rings. The highest BCUT2D eigenvalue weighted by Gasteiger charge is 2.38. The van der Waals surface area contributed by atoms with Crippen molar-refractivity contribution in [1.29, 1.82) is 0 Å². The van der Waals surface area contributed by atoms with E-state index in [9.17, 15) is 19.2 Å². The number of nitrogens with zero attached hydrogens (tertiary/aromatic N) is 2. The lowest BCUT2D eigenvalue weighted by molar-refractivity contribution is -0.128. The molecule has 7 nitrogen and oxygen atoms in total. The van der Waals surface area contributed by atoms with Gasteiger partial charge >= 0.3 is 6.03 Å². The van der Waals surface area contributed by atoms with Crippen LogP contribution in [0, 0.1) is 5.92 Å². The Balaban J connectivity index is 1.79. The second-order valence-corrected chi connectivity index (χ2v) is 7.86. The van der Waals surface area contributed by atoms with Gasteiger partial charge in [0.15, 0.2) is 5.78 Å². The fraction of sp³-hybridized carbons (Fsp3) is 0.524. The van der Waals surface area contributed by atoms with Gasteiger partial charge in [-0.05, 0) is 30.0 Å². The highest BCUT2D eigenvalue weighted by Crippen LogP contribution is 2.31. The molecule has 1 aromatic rings. The molecule has 1 saturated carbocycles. The Labute approximate surface area is 165 Å². The molecule has 3 amide bonds. The van der Waals surface area contributed by atoms with Gasteiger partial charge in [-0.3, -0.25) is 14.4 Å². The van der Waals surface area contributed by atoms with Crippen molar-refractivity contribution in [2.75, 3.05) is 14.1 Å². The van der Waals surface area contributed by atoms with E-state index in [0.29, 0.717) is 44.3 Å². The van der Waals surface area contributed by atoms with E-state index in [2.05, 4.69) is 5.32 Å². The lowest BCUT2D eigenvalue weighted by Crippen LogP contribution is -2.43. The molecule has 0 bridgehead atoms. The van der Waals surface area contributed by atoms with Crippen molar-refractivity contribution in [2.24, 2.45) is 5.92 Å². The van der Waals surface area contributed by atoms with Crippen LogP contribution in [0.1, 0.15) is 54.1 Å². The molecule has 3 rings (SSSR count). The van der Waals surface area contributed by atoms with Crippen LogP contribution < -0.4 is 5.32 Å². The summed E-state index contributed by atoms with van der Waals surface area (Å²) < 4.78 is 0. The fourth-order valence-electron chi connectivity index (χ4n) is 3.87. The maximum absolute atomic E-state index is 13.0. The van der Waals surface area contributed by atoms with Crippen LogP contribution in [0.4, 0.5) is 4.79 Å². The van der Waals surface area contributed by atoms with E-state index in [0.717, 1.165) is 11.1 Å². The lowest BCUT2D eigenvalue weighted by Gasteiger charge is -2.29. The third-order valence-corrected chi connectivity index (χ3v) is 5.71. The van der Waals surface area contributed by atoms with E-state index >= 15 is 0 Å². The molecular formula is C21H27N3O4. The lowest BCUT2D eigenvalue weighted by atomic mass is 9.88. The molecule has 28 heavy (non-hydrogen) atoms. The number of urea groups is 1. The number of amides is 3. The third kappa shape index (κ3) is 3.93. The predicted molar refractivity (Wildman–Crippen MR) is 104 cm³/mol. The number of ketones is 2. The molecule has 2 unspecified atom stereocenters. The van der Waals surface area contributed by atoms with E-state index < -0.39 is 6.04 Å². The van der Waals surface area contributed by atoms with Crippen LogP contribution in [-0.4, -0.2) is 53.4 Å². The van der Waals surface area contributed by atoms with Crippen molar-refractivity contribution in [3.05, 3.63) is 34.9 Å². The van der Waals surface area contributed by atoms with E-state index in [-0.39, 0.29) is 29.4 Å². The minimum Gasteiger partial charge on any atom is -0.334 e. The summed E-state index contributed by atoms with van der Waals surface area (Å²) in [7, 11) is 3.33. The molecule has 1 N–H and O–H groups in total. The van der Waals surface area contributed by atoms with Crippen LogP contribution in [0.15, 0.2) is 18.2 Å². The number of hydrogen-bond donors (Lipinski definition) is 1. The number of carbonyl (C=O) groups is 4. The van der Waals surface area contributed by atoms with Crippen molar-refractivity contribution in [1.82, 2.24) is 15.1 Å². The Hall–Kier alpha value is -2.70. The minimum absolute atomic E-state index is 0.0305. The standard InChI is InChI=1S/C21H27N3O4/c1-13-7-9-19(26)17(8-10-18(13)25)24-12-16-14(11-22-21(28)23(2)3)5-4-6-15(16)20(24)27/h4-6,13,17H,7-12H2,1-3H3,(H,22,28). The summed E-state index contributed by atoms with van der Waals surface area (Å²) in [4.78, 5) is 52.7. The third-order valence-electron chi connectivity index (χ3n) is 5.71. The van der Waals surface area contributed by atoms with Crippen molar-refractivity contribution in [3.63, 3.8) is 0 Å². The van der Waals surface area contributed by atoms with E-state index in [4.69, 9.17) is 0 Å². The van der Waals surface area contributed by atoms with Gasteiger partial charge in [0.2, 0.25) is 0 Å². The Bertz CT molecular complexity index is 818. The first-order valence-corrected chi connectivity index (χ1v) is 9.72. The van der Waals surface area contributed by atoms with Gasteiger partial charge in [0.05, 0.1) is 6.04 Å². The van der Waals surface area contributed by atoms with Gasteiger partial charge in [0, 0.05) is 51.5 Å². The monoisotopic (exact) mass is 385 g/mol. The van der Waals surface area contributed by atoms with Gasteiger partial charge in [-0.25, -0.2) is 4.79 Å². The number of nitrogens with one attached hydrogen (secondary N) is 1. The number of hydrogen-bond acceptors (Lipinski definition) is 4.